The van der Waals surface area contributed by atoms with Gasteiger partial charge in [-0.3, -0.25) is 0 Å². The van der Waals surface area contributed by atoms with Crippen LogP contribution in [0.1, 0.15) is 0 Å². The van der Waals surface area contributed by atoms with Gasteiger partial charge in [-0.15, -0.1) is 0 Å². The summed E-state index contributed by atoms with van der Waals surface area (Å²) in [5, 5.41) is 11.2. The van der Waals surface area contributed by atoms with E-state index >= 15 is 0 Å². The largest absolute Gasteiger partial charge is 0.456 e. The maximum absolute atomic E-state index is 6.26. The fraction of sp³-hybridized carbons (Fsp3) is 0. The lowest BCUT2D eigenvalue weighted by molar-refractivity contribution is 0.632. The fourth-order valence-electron chi connectivity index (χ4n) is 4.87. The van der Waals surface area contributed by atoms with Crippen molar-refractivity contribution in [1.82, 2.24) is 0 Å². The minimum absolute atomic E-state index is 0.915. The highest BCUT2D eigenvalue weighted by atomic mass is 16.3. The molecule has 1 heteroatoms. The summed E-state index contributed by atoms with van der Waals surface area (Å²) in [6, 6.07) is 39.1. The summed E-state index contributed by atoms with van der Waals surface area (Å²) in [6.45, 7) is 0. The van der Waals surface area contributed by atoms with E-state index in [4.69, 9.17) is 4.42 Å². The molecule has 1 aromatic heterocycles. The number of furan rings is 1. The van der Waals surface area contributed by atoms with Gasteiger partial charge in [-0.2, -0.15) is 0 Å². The molecule has 7 rings (SSSR count). The third-order valence-electron chi connectivity index (χ3n) is 6.37. The number of fused-ring (bicyclic) bond motifs is 6. The van der Waals surface area contributed by atoms with Gasteiger partial charge in [0.1, 0.15) is 11.3 Å². The highest BCUT2D eigenvalue weighted by Crippen LogP contribution is 2.38. The number of hydrogen-bond donors (Lipinski definition) is 0. The molecule has 6 aromatic carbocycles. The summed E-state index contributed by atoms with van der Waals surface area (Å²) in [7, 11) is 0. The highest BCUT2D eigenvalue weighted by molar-refractivity contribution is 6.18. The Morgan fingerprint density at radius 2 is 1.06 bits per heavy atom. The molecule has 0 spiro atoms. The highest BCUT2D eigenvalue weighted by Gasteiger charge is 2.13. The lowest BCUT2D eigenvalue weighted by Gasteiger charge is -2.11. The van der Waals surface area contributed by atoms with Gasteiger partial charge in [0.15, 0.2) is 0 Å². The Bertz CT molecular complexity index is 1750. The molecule has 0 radical (unpaired) electrons. The van der Waals surface area contributed by atoms with E-state index in [0.29, 0.717) is 0 Å². The van der Waals surface area contributed by atoms with E-state index < -0.39 is 0 Å². The summed E-state index contributed by atoms with van der Waals surface area (Å²) >= 11 is 0. The van der Waals surface area contributed by atoms with Gasteiger partial charge < -0.3 is 4.42 Å². The minimum Gasteiger partial charge on any atom is -0.456 e. The molecule has 0 unspecified atom stereocenters. The van der Waals surface area contributed by atoms with Gasteiger partial charge in [-0.05, 0) is 74.1 Å². The van der Waals surface area contributed by atoms with Crippen molar-refractivity contribution < 1.29 is 4.42 Å². The average Bonchev–Trinajstić information content (AvgIpc) is 3.25. The molecule has 144 valence electrons. The van der Waals surface area contributed by atoms with Crippen LogP contribution in [-0.2, 0) is 0 Å². The zero-order chi connectivity index (χ0) is 20.4. The minimum atomic E-state index is 0.915. The van der Waals surface area contributed by atoms with Crippen molar-refractivity contribution in [3.8, 4) is 11.3 Å². The van der Waals surface area contributed by atoms with Crippen molar-refractivity contribution in [3.05, 3.63) is 109 Å². The Morgan fingerprint density at radius 1 is 0.419 bits per heavy atom. The van der Waals surface area contributed by atoms with Crippen LogP contribution in [0.25, 0.3) is 65.4 Å². The van der Waals surface area contributed by atoms with Crippen LogP contribution < -0.4 is 0 Å². The van der Waals surface area contributed by atoms with E-state index in [1.54, 1.807) is 0 Å². The molecule has 0 aliphatic rings. The van der Waals surface area contributed by atoms with Crippen LogP contribution in [0, 0.1) is 0 Å². The number of rotatable bonds is 1. The van der Waals surface area contributed by atoms with E-state index in [1.165, 1.54) is 43.1 Å². The van der Waals surface area contributed by atoms with Crippen molar-refractivity contribution in [2.45, 2.75) is 0 Å². The standard InChI is InChI=1S/C30H18O/c1-2-7-21-15-25-17-27-22(16-24(25)14-20(21)6-1)13-12-19-9-5-10-26(30(19)27)29-18-23-8-3-4-11-28(23)31-29/h1-18H. The van der Waals surface area contributed by atoms with Crippen LogP contribution in [0.2, 0.25) is 0 Å². The first-order valence-corrected chi connectivity index (χ1v) is 10.6. The Labute approximate surface area is 179 Å². The summed E-state index contributed by atoms with van der Waals surface area (Å²) in [6.07, 6.45) is 0. The fourth-order valence-corrected chi connectivity index (χ4v) is 4.87. The van der Waals surface area contributed by atoms with Gasteiger partial charge in [0, 0.05) is 16.3 Å². The van der Waals surface area contributed by atoms with Crippen LogP contribution in [0.5, 0.6) is 0 Å². The molecule has 0 aliphatic heterocycles. The molecule has 1 heterocycles. The molecule has 0 N–H and O–H groups in total. The first-order chi connectivity index (χ1) is 15.3. The molecule has 0 bridgehead atoms. The van der Waals surface area contributed by atoms with Gasteiger partial charge in [0.05, 0.1) is 0 Å². The van der Waals surface area contributed by atoms with Crippen molar-refractivity contribution >= 4 is 54.1 Å². The lowest BCUT2D eigenvalue weighted by atomic mass is 9.93. The predicted molar refractivity (Wildman–Crippen MR) is 132 cm³/mol. The van der Waals surface area contributed by atoms with E-state index in [-0.39, 0.29) is 0 Å². The Kier molecular flexibility index (Phi) is 3.33. The third-order valence-corrected chi connectivity index (χ3v) is 6.37. The molecule has 0 saturated heterocycles. The van der Waals surface area contributed by atoms with Crippen LogP contribution in [-0.4, -0.2) is 0 Å². The van der Waals surface area contributed by atoms with E-state index in [1.807, 2.05) is 12.1 Å². The summed E-state index contributed by atoms with van der Waals surface area (Å²) in [4.78, 5) is 0. The lowest BCUT2D eigenvalue weighted by Crippen LogP contribution is -1.84. The van der Waals surface area contributed by atoms with Crippen molar-refractivity contribution in [1.29, 1.82) is 0 Å². The number of benzene rings is 6. The second-order valence-corrected chi connectivity index (χ2v) is 8.24. The zero-order valence-corrected chi connectivity index (χ0v) is 16.8. The summed E-state index contributed by atoms with van der Waals surface area (Å²) in [5.41, 5.74) is 2.06. The molecule has 0 aliphatic carbocycles. The monoisotopic (exact) mass is 394 g/mol. The van der Waals surface area contributed by atoms with Crippen LogP contribution >= 0.6 is 0 Å². The maximum atomic E-state index is 6.26. The first-order valence-electron chi connectivity index (χ1n) is 10.6. The second kappa shape index (κ2) is 6.20. The predicted octanol–water partition coefficient (Wildman–Crippen LogP) is 8.71. The normalized spacial score (nSPS) is 11.9. The average molecular weight is 394 g/mol. The van der Waals surface area contributed by atoms with Crippen molar-refractivity contribution in [2.75, 3.05) is 0 Å². The van der Waals surface area contributed by atoms with E-state index in [9.17, 15) is 0 Å². The number of hydrogen-bond acceptors (Lipinski definition) is 1. The maximum Gasteiger partial charge on any atom is 0.136 e. The molecule has 31 heavy (non-hydrogen) atoms. The third kappa shape index (κ3) is 2.50. The van der Waals surface area contributed by atoms with Gasteiger partial charge in [0.2, 0.25) is 0 Å². The second-order valence-electron chi connectivity index (χ2n) is 8.24. The van der Waals surface area contributed by atoms with Gasteiger partial charge in [-0.25, -0.2) is 0 Å². The van der Waals surface area contributed by atoms with Gasteiger partial charge >= 0.3 is 0 Å². The molecule has 0 fully saturated rings. The molecule has 1 nitrogen and oxygen atoms in total. The van der Waals surface area contributed by atoms with Gasteiger partial charge in [0.25, 0.3) is 0 Å². The van der Waals surface area contributed by atoms with Gasteiger partial charge in [-0.1, -0.05) is 72.8 Å². The summed E-state index contributed by atoms with van der Waals surface area (Å²) < 4.78 is 6.26. The first kappa shape index (κ1) is 16.7. The SMILES string of the molecule is c1ccc2cc3cc4c(ccc5cccc(-c6cc7ccccc7o6)c54)cc3cc2c1. The molecular weight excluding hydrogens is 376 g/mol. The topological polar surface area (TPSA) is 13.1 Å². The molecule has 7 aromatic rings. The zero-order valence-electron chi connectivity index (χ0n) is 16.8. The molecule has 0 amide bonds. The van der Waals surface area contributed by atoms with Crippen LogP contribution in [0.15, 0.2) is 114 Å². The van der Waals surface area contributed by atoms with E-state index in [2.05, 4.69) is 97.1 Å². The Morgan fingerprint density at radius 3 is 1.87 bits per heavy atom. The molecular formula is C30H18O. The smallest absolute Gasteiger partial charge is 0.136 e. The van der Waals surface area contributed by atoms with E-state index in [0.717, 1.165) is 22.3 Å². The van der Waals surface area contributed by atoms with Crippen LogP contribution in [0.4, 0.5) is 0 Å². The quantitative estimate of drug-likeness (QED) is 0.200. The summed E-state index contributed by atoms with van der Waals surface area (Å²) in [5.74, 6) is 0.915. The molecule has 0 atom stereocenters. The Hall–Kier alpha value is -4.10. The number of para-hydroxylation sites is 1. The Balaban J connectivity index is 1.59. The van der Waals surface area contributed by atoms with Crippen molar-refractivity contribution in [2.24, 2.45) is 0 Å². The molecule has 0 saturated carbocycles. The van der Waals surface area contributed by atoms with Crippen LogP contribution in [0.3, 0.4) is 0 Å². The van der Waals surface area contributed by atoms with Crippen molar-refractivity contribution in [3.63, 3.8) is 0 Å².